The van der Waals surface area contributed by atoms with E-state index < -0.39 is 6.10 Å². The number of nitrogens with one attached hydrogen (secondary N) is 3. The minimum atomic E-state index is -0.616. The van der Waals surface area contributed by atoms with Crippen molar-refractivity contribution in [3.8, 4) is 0 Å². The summed E-state index contributed by atoms with van der Waals surface area (Å²) in [7, 11) is 0. The summed E-state index contributed by atoms with van der Waals surface area (Å²) in [5.41, 5.74) is 0.766. The standard InChI is InChI=1S/C20H29N3O4/c1-14(24)21-12-19(27)22-13-20(16-6-4-3-5-7-16)10-8-17(23-15(2)25)18(26)9-11-20/h3-7,17-18,26H,8-13H2,1-2H3,(H,21,24)(H,22,27)(H,23,25)/t17-,18-,20-/m0/s1. The molecule has 3 atom stereocenters. The Morgan fingerprint density at radius 2 is 1.70 bits per heavy atom. The maximum atomic E-state index is 12.1. The first-order valence-corrected chi connectivity index (χ1v) is 9.34. The van der Waals surface area contributed by atoms with Gasteiger partial charge < -0.3 is 21.1 Å². The zero-order valence-electron chi connectivity index (χ0n) is 16.0. The van der Waals surface area contributed by atoms with Crippen LogP contribution in [0.1, 0.15) is 45.1 Å². The van der Waals surface area contributed by atoms with E-state index in [2.05, 4.69) is 16.0 Å². The third kappa shape index (κ3) is 6.06. The summed E-state index contributed by atoms with van der Waals surface area (Å²) < 4.78 is 0. The van der Waals surface area contributed by atoms with Crippen molar-refractivity contribution in [3.63, 3.8) is 0 Å². The van der Waals surface area contributed by atoms with E-state index in [1.807, 2.05) is 30.3 Å². The van der Waals surface area contributed by atoms with Crippen LogP contribution in [-0.4, -0.2) is 48.1 Å². The van der Waals surface area contributed by atoms with Crippen LogP contribution >= 0.6 is 0 Å². The first-order chi connectivity index (χ1) is 12.8. The molecule has 1 aromatic rings. The summed E-state index contributed by atoms with van der Waals surface area (Å²) in [5, 5.41) is 18.7. The van der Waals surface area contributed by atoms with Crippen molar-refractivity contribution >= 4 is 17.7 Å². The maximum Gasteiger partial charge on any atom is 0.239 e. The van der Waals surface area contributed by atoms with Crippen molar-refractivity contribution in [1.82, 2.24) is 16.0 Å². The van der Waals surface area contributed by atoms with E-state index in [9.17, 15) is 19.5 Å². The van der Waals surface area contributed by atoms with Gasteiger partial charge in [-0.3, -0.25) is 14.4 Å². The molecular formula is C20H29N3O4. The molecule has 0 saturated heterocycles. The second-order valence-electron chi connectivity index (χ2n) is 7.28. The molecule has 7 nitrogen and oxygen atoms in total. The van der Waals surface area contributed by atoms with Gasteiger partial charge in [-0.2, -0.15) is 0 Å². The van der Waals surface area contributed by atoms with Gasteiger partial charge in [0.1, 0.15) is 0 Å². The molecule has 1 aliphatic rings. The highest BCUT2D eigenvalue weighted by Crippen LogP contribution is 2.38. The van der Waals surface area contributed by atoms with Crippen molar-refractivity contribution in [3.05, 3.63) is 35.9 Å². The quantitative estimate of drug-likeness (QED) is 0.547. The van der Waals surface area contributed by atoms with Gasteiger partial charge >= 0.3 is 0 Å². The van der Waals surface area contributed by atoms with Gasteiger partial charge in [-0.25, -0.2) is 0 Å². The Bertz CT molecular complexity index is 664. The third-order valence-electron chi connectivity index (χ3n) is 5.21. The van der Waals surface area contributed by atoms with Gasteiger partial charge in [0, 0.05) is 25.8 Å². The predicted molar refractivity (Wildman–Crippen MR) is 102 cm³/mol. The van der Waals surface area contributed by atoms with E-state index in [1.54, 1.807) is 0 Å². The fourth-order valence-electron chi connectivity index (χ4n) is 3.70. The molecule has 0 spiro atoms. The molecule has 0 bridgehead atoms. The first kappa shape index (κ1) is 20.9. The van der Waals surface area contributed by atoms with E-state index in [4.69, 9.17) is 0 Å². The highest BCUT2D eigenvalue weighted by Gasteiger charge is 2.38. The molecule has 2 rings (SSSR count). The summed E-state index contributed by atoms with van der Waals surface area (Å²) in [4.78, 5) is 34.5. The van der Waals surface area contributed by atoms with Crippen LogP contribution in [0.5, 0.6) is 0 Å². The number of aliphatic hydroxyl groups is 1. The molecule has 0 aliphatic heterocycles. The summed E-state index contributed by atoms with van der Waals surface area (Å²) in [6, 6.07) is 9.64. The highest BCUT2D eigenvalue weighted by atomic mass is 16.3. The number of aliphatic hydroxyl groups excluding tert-OH is 1. The molecule has 1 aliphatic carbocycles. The molecule has 0 heterocycles. The van der Waals surface area contributed by atoms with E-state index in [0.717, 1.165) is 12.0 Å². The third-order valence-corrected chi connectivity index (χ3v) is 5.21. The summed E-state index contributed by atoms with van der Waals surface area (Å²) >= 11 is 0. The highest BCUT2D eigenvalue weighted by molar-refractivity contribution is 5.83. The topological polar surface area (TPSA) is 108 Å². The van der Waals surface area contributed by atoms with Crippen LogP contribution in [0.4, 0.5) is 0 Å². The van der Waals surface area contributed by atoms with E-state index in [0.29, 0.717) is 25.8 Å². The number of hydrogen-bond donors (Lipinski definition) is 4. The number of carbonyl (C=O) groups excluding carboxylic acids is 3. The van der Waals surface area contributed by atoms with Gasteiger partial charge in [-0.1, -0.05) is 30.3 Å². The van der Waals surface area contributed by atoms with Crippen LogP contribution in [-0.2, 0) is 19.8 Å². The summed E-state index contributed by atoms with van der Waals surface area (Å²) in [6.07, 6.45) is 1.95. The van der Waals surface area contributed by atoms with Gasteiger partial charge in [0.05, 0.1) is 18.7 Å². The minimum absolute atomic E-state index is 0.0582. The van der Waals surface area contributed by atoms with Crippen LogP contribution in [0.25, 0.3) is 0 Å². The van der Waals surface area contributed by atoms with E-state index >= 15 is 0 Å². The Kier molecular flexibility index (Phi) is 7.36. The van der Waals surface area contributed by atoms with Crippen LogP contribution in [0.15, 0.2) is 30.3 Å². The van der Waals surface area contributed by atoms with E-state index in [1.165, 1.54) is 13.8 Å². The van der Waals surface area contributed by atoms with Crippen molar-refractivity contribution in [2.75, 3.05) is 13.1 Å². The molecule has 7 heteroatoms. The number of rotatable bonds is 6. The fraction of sp³-hybridized carbons (Fsp3) is 0.550. The fourth-order valence-corrected chi connectivity index (χ4v) is 3.70. The van der Waals surface area contributed by atoms with Gasteiger partial charge in [0.25, 0.3) is 0 Å². The summed E-state index contributed by atoms with van der Waals surface area (Å²) in [5.74, 6) is -0.655. The van der Waals surface area contributed by atoms with Gasteiger partial charge in [0.15, 0.2) is 0 Å². The normalized spacial score (nSPS) is 25.1. The number of hydrogen-bond acceptors (Lipinski definition) is 4. The molecule has 1 saturated carbocycles. The van der Waals surface area contributed by atoms with Crippen molar-refractivity contribution in [2.24, 2.45) is 0 Å². The van der Waals surface area contributed by atoms with E-state index in [-0.39, 0.29) is 35.7 Å². The van der Waals surface area contributed by atoms with Crippen molar-refractivity contribution < 1.29 is 19.5 Å². The first-order valence-electron chi connectivity index (χ1n) is 9.34. The molecule has 0 unspecified atom stereocenters. The Labute approximate surface area is 159 Å². The largest absolute Gasteiger partial charge is 0.391 e. The van der Waals surface area contributed by atoms with Gasteiger partial charge in [-0.15, -0.1) is 0 Å². The molecular weight excluding hydrogens is 346 g/mol. The molecule has 148 valence electrons. The second kappa shape index (κ2) is 9.50. The zero-order chi connectivity index (χ0) is 19.9. The number of carbonyl (C=O) groups is 3. The predicted octanol–water partition coefficient (Wildman–Crippen LogP) is 0.616. The molecule has 1 fully saturated rings. The average Bonchev–Trinajstić information content (AvgIpc) is 2.79. The Morgan fingerprint density at radius 3 is 2.33 bits per heavy atom. The Morgan fingerprint density at radius 1 is 1.04 bits per heavy atom. The molecule has 3 amide bonds. The SMILES string of the molecule is CC(=O)NCC(=O)NC[C@]1(c2ccccc2)CC[C@H](NC(C)=O)[C@@H](O)CC1. The lowest BCUT2D eigenvalue weighted by Crippen LogP contribution is -2.44. The Hall–Kier alpha value is -2.41. The molecule has 0 radical (unpaired) electrons. The van der Waals surface area contributed by atoms with Crippen LogP contribution in [0.3, 0.4) is 0 Å². The van der Waals surface area contributed by atoms with Crippen LogP contribution in [0, 0.1) is 0 Å². The summed E-state index contributed by atoms with van der Waals surface area (Å²) in [6.45, 7) is 3.17. The zero-order valence-corrected chi connectivity index (χ0v) is 16.0. The Balaban J connectivity index is 2.15. The second-order valence-corrected chi connectivity index (χ2v) is 7.28. The maximum absolute atomic E-state index is 12.1. The van der Waals surface area contributed by atoms with Crippen LogP contribution in [0.2, 0.25) is 0 Å². The molecule has 0 aromatic heterocycles. The minimum Gasteiger partial charge on any atom is -0.391 e. The number of amides is 3. The van der Waals surface area contributed by atoms with Gasteiger partial charge in [0.2, 0.25) is 17.7 Å². The molecule has 4 N–H and O–H groups in total. The van der Waals surface area contributed by atoms with Crippen molar-refractivity contribution in [1.29, 1.82) is 0 Å². The lowest BCUT2D eigenvalue weighted by molar-refractivity contribution is -0.125. The molecule has 1 aromatic carbocycles. The number of benzene rings is 1. The lowest BCUT2D eigenvalue weighted by atomic mass is 9.74. The monoisotopic (exact) mass is 375 g/mol. The van der Waals surface area contributed by atoms with Crippen molar-refractivity contribution in [2.45, 2.75) is 57.1 Å². The molecule has 27 heavy (non-hydrogen) atoms. The lowest BCUT2D eigenvalue weighted by Gasteiger charge is -2.34. The van der Waals surface area contributed by atoms with Gasteiger partial charge in [-0.05, 0) is 31.2 Å². The van der Waals surface area contributed by atoms with Crippen LogP contribution < -0.4 is 16.0 Å². The smallest absolute Gasteiger partial charge is 0.239 e. The average molecular weight is 375 g/mol.